The largest absolute Gasteiger partial charge is 0.354 e. The van der Waals surface area contributed by atoms with Gasteiger partial charge in [0, 0.05) is 31.2 Å². The fourth-order valence-corrected chi connectivity index (χ4v) is 2.33. The van der Waals surface area contributed by atoms with Crippen LogP contribution in [0.3, 0.4) is 0 Å². The third kappa shape index (κ3) is 4.15. The van der Waals surface area contributed by atoms with Gasteiger partial charge in [0.1, 0.15) is 5.82 Å². The summed E-state index contributed by atoms with van der Waals surface area (Å²) in [6.45, 7) is 9.33. The minimum atomic E-state index is 0.105. The van der Waals surface area contributed by atoms with Crippen LogP contribution < -0.4 is 10.2 Å². The van der Waals surface area contributed by atoms with Crippen molar-refractivity contribution in [3.05, 3.63) is 18.1 Å². The molecule has 1 saturated heterocycles. The third-order valence-electron chi connectivity index (χ3n) is 3.71. The second-order valence-electron chi connectivity index (χ2n) is 6.82. The van der Waals surface area contributed by atoms with Crippen molar-refractivity contribution in [2.24, 2.45) is 0 Å². The maximum Gasteiger partial charge on any atom is 0.147 e. The SMILES string of the molecule is CN(C)C1CCN(c2cnc(CNC(C)(C)C)cn2)C1. The van der Waals surface area contributed by atoms with Gasteiger partial charge in [-0.15, -0.1) is 0 Å². The Labute approximate surface area is 122 Å². The normalized spacial score (nSPS) is 19.9. The van der Waals surface area contributed by atoms with E-state index in [4.69, 9.17) is 0 Å². The first-order chi connectivity index (χ1) is 9.35. The van der Waals surface area contributed by atoms with E-state index in [-0.39, 0.29) is 5.54 Å². The van der Waals surface area contributed by atoms with E-state index in [0.717, 1.165) is 31.1 Å². The van der Waals surface area contributed by atoms with Crippen molar-refractivity contribution < 1.29 is 0 Å². The van der Waals surface area contributed by atoms with Crippen molar-refractivity contribution in [3.8, 4) is 0 Å². The Bertz CT molecular complexity index is 421. The zero-order valence-corrected chi connectivity index (χ0v) is 13.3. The Morgan fingerprint density at radius 2 is 2.05 bits per heavy atom. The van der Waals surface area contributed by atoms with Crippen molar-refractivity contribution >= 4 is 5.82 Å². The van der Waals surface area contributed by atoms with Gasteiger partial charge in [-0.25, -0.2) is 4.98 Å². The average molecular weight is 277 g/mol. The number of hydrogen-bond acceptors (Lipinski definition) is 5. The van der Waals surface area contributed by atoms with Crippen LogP contribution in [-0.2, 0) is 6.54 Å². The lowest BCUT2D eigenvalue weighted by atomic mass is 10.1. The zero-order chi connectivity index (χ0) is 14.8. The lowest BCUT2D eigenvalue weighted by Crippen LogP contribution is -2.35. The zero-order valence-electron chi connectivity index (χ0n) is 13.3. The summed E-state index contributed by atoms with van der Waals surface area (Å²) >= 11 is 0. The molecule has 20 heavy (non-hydrogen) atoms. The van der Waals surface area contributed by atoms with Gasteiger partial charge in [0.25, 0.3) is 0 Å². The molecule has 5 nitrogen and oxygen atoms in total. The first-order valence-corrected chi connectivity index (χ1v) is 7.32. The van der Waals surface area contributed by atoms with Gasteiger partial charge in [0.15, 0.2) is 0 Å². The van der Waals surface area contributed by atoms with E-state index in [1.165, 1.54) is 6.42 Å². The number of nitrogens with one attached hydrogen (secondary N) is 1. The number of anilines is 1. The number of rotatable bonds is 4. The van der Waals surface area contributed by atoms with Crippen molar-refractivity contribution in [3.63, 3.8) is 0 Å². The Morgan fingerprint density at radius 3 is 2.55 bits per heavy atom. The molecule has 1 N–H and O–H groups in total. The Kier molecular flexibility index (Phi) is 4.60. The second kappa shape index (κ2) is 6.06. The number of hydrogen-bond donors (Lipinski definition) is 1. The molecule has 0 amide bonds. The van der Waals surface area contributed by atoms with Gasteiger partial charge >= 0.3 is 0 Å². The van der Waals surface area contributed by atoms with E-state index in [1.54, 1.807) is 0 Å². The van der Waals surface area contributed by atoms with Gasteiger partial charge in [-0.3, -0.25) is 4.98 Å². The van der Waals surface area contributed by atoms with Crippen LogP contribution in [0.15, 0.2) is 12.4 Å². The summed E-state index contributed by atoms with van der Waals surface area (Å²) in [5.41, 5.74) is 1.10. The predicted octanol–water partition coefficient (Wildman–Crippen LogP) is 1.50. The lowest BCUT2D eigenvalue weighted by molar-refractivity contribution is 0.315. The van der Waals surface area contributed by atoms with Gasteiger partial charge in [-0.05, 0) is 41.3 Å². The molecule has 112 valence electrons. The van der Waals surface area contributed by atoms with Crippen molar-refractivity contribution in [1.29, 1.82) is 0 Å². The van der Waals surface area contributed by atoms with Crippen LogP contribution in [0.4, 0.5) is 5.82 Å². The Balaban J connectivity index is 1.92. The Morgan fingerprint density at radius 1 is 1.30 bits per heavy atom. The minimum absolute atomic E-state index is 0.105. The second-order valence-corrected chi connectivity index (χ2v) is 6.82. The van der Waals surface area contributed by atoms with Crippen LogP contribution in [0, 0.1) is 0 Å². The van der Waals surface area contributed by atoms with Crippen LogP contribution in [-0.4, -0.2) is 53.6 Å². The summed E-state index contributed by atoms with van der Waals surface area (Å²) in [6.07, 6.45) is 4.98. The molecule has 5 heteroatoms. The van der Waals surface area contributed by atoms with Crippen LogP contribution in [0.5, 0.6) is 0 Å². The summed E-state index contributed by atoms with van der Waals surface area (Å²) in [6, 6.07) is 0.624. The highest BCUT2D eigenvalue weighted by Crippen LogP contribution is 2.19. The van der Waals surface area contributed by atoms with Crippen LogP contribution >= 0.6 is 0 Å². The van der Waals surface area contributed by atoms with Gasteiger partial charge in [0.05, 0.1) is 18.1 Å². The topological polar surface area (TPSA) is 44.3 Å². The van der Waals surface area contributed by atoms with Crippen LogP contribution in [0.2, 0.25) is 0 Å². The molecule has 0 aromatic carbocycles. The van der Waals surface area contributed by atoms with E-state index in [2.05, 4.69) is 60.0 Å². The fraction of sp³-hybridized carbons (Fsp3) is 0.733. The van der Waals surface area contributed by atoms with Crippen LogP contribution in [0.1, 0.15) is 32.9 Å². The molecule has 0 bridgehead atoms. The molecule has 0 saturated carbocycles. The van der Waals surface area contributed by atoms with Gasteiger partial charge in [0.2, 0.25) is 0 Å². The van der Waals surface area contributed by atoms with E-state index in [1.807, 2.05) is 12.4 Å². The van der Waals surface area contributed by atoms with Crippen molar-refractivity contribution in [2.75, 3.05) is 32.1 Å². The first kappa shape index (κ1) is 15.2. The molecule has 1 aliphatic heterocycles. The molecule has 2 rings (SSSR count). The highest BCUT2D eigenvalue weighted by Gasteiger charge is 2.24. The number of nitrogens with zero attached hydrogens (tertiary/aromatic N) is 4. The Hall–Kier alpha value is -1.20. The number of likely N-dealkylation sites (N-methyl/N-ethyl adjacent to an activating group) is 1. The molecule has 1 aliphatic rings. The summed E-state index contributed by atoms with van der Waals surface area (Å²) in [5, 5.41) is 3.43. The summed E-state index contributed by atoms with van der Waals surface area (Å²) in [7, 11) is 4.28. The smallest absolute Gasteiger partial charge is 0.147 e. The van der Waals surface area contributed by atoms with E-state index in [0.29, 0.717) is 6.04 Å². The molecular weight excluding hydrogens is 250 g/mol. The summed E-state index contributed by atoms with van der Waals surface area (Å²) in [4.78, 5) is 13.7. The quantitative estimate of drug-likeness (QED) is 0.903. The molecule has 0 radical (unpaired) electrons. The summed E-state index contributed by atoms with van der Waals surface area (Å²) < 4.78 is 0. The van der Waals surface area contributed by atoms with Gasteiger partial charge < -0.3 is 15.1 Å². The van der Waals surface area contributed by atoms with Gasteiger partial charge in [-0.1, -0.05) is 0 Å². The highest BCUT2D eigenvalue weighted by atomic mass is 15.3. The molecule has 1 unspecified atom stereocenters. The maximum atomic E-state index is 4.56. The van der Waals surface area contributed by atoms with E-state index in [9.17, 15) is 0 Å². The molecule has 1 atom stereocenters. The monoisotopic (exact) mass is 277 g/mol. The van der Waals surface area contributed by atoms with Crippen LogP contribution in [0.25, 0.3) is 0 Å². The number of aromatic nitrogens is 2. The fourth-order valence-electron chi connectivity index (χ4n) is 2.33. The predicted molar refractivity (Wildman–Crippen MR) is 82.9 cm³/mol. The maximum absolute atomic E-state index is 4.56. The molecule has 1 fully saturated rings. The molecule has 0 aliphatic carbocycles. The van der Waals surface area contributed by atoms with E-state index < -0.39 is 0 Å². The van der Waals surface area contributed by atoms with E-state index >= 15 is 0 Å². The lowest BCUT2D eigenvalue weighted by Gasteiger charge is -2.21. The molecule has 0 spiro atoms. The van der Waals surface area contributed by atoms with Crippen molar-refractivity contribution in [1.82, 2.24) is 20.2 Å². The minimum Gasteiger partial charge on any atom is -0.354 e. The third-order valence-corrected chi connectivity index (χ3v) is 3.71. The molecule has 2 heterocycles. The molecule has 1 aromatic rings. The molecular formula is C15H27N5. The summed E-state index contributed by atoms with van der Waals surface area (Å²) in [5.74, 6) is 0.994. The average Bonchev–Trinajstić information content (AvgIpc) is 2.86. The standard InChI is InChI=1S/C15H27N5/c1-15(2,3)18-9-12-8-17-14(10-16-12)20-7-6-13(11-20)19(4)5/h8,10,13,18H,6-7,9,11H2,1-5H3. The highest BCUT2D eigenvalue weighted by molar-refractivity contribution is 5.37. The van der Waals surface area contributed by atoms with Crippen molar-refractivity contribution in [2.45, 2.75) is 45.3 Å². The first-order valence-electron chi connectivity index (χ1n) is 7.32. The molecule has 1 aromatic heterocycles. The van der Waals surface area contributed by atoms with Gasteiger partial charge in [-0.2, -0.15) is 0 Å².